The van der Waals surface area contributed by atoms with Crippen LogP contribution in [0.3, 0.4) is 0 Å². The molecular weight excluding hydrogens is 370 g/mol. The minimum absolute atomic E-state index is 0.0718. The number of hydrogen-bond donors (Lipinski definition) is 1. The monoisotopic (exact) mass is 397 g/mol. The van der Waals surface area contributed by atoms with Gasteiger partial charge < -0.3 is 24.3 Å². The average Bonchev–Trinajstić information content (AvgIpc) is 2.78. The highest BCUT2D eigenvalue weighted by Gasteiger charge is 2.29. The molecule has 1 aliphatic carbocycles. The van der Waals surface area contributed by atoms with Crippen LogP contribution in [0.15, 0.2) is 36.4 Å². The van der Waals surface area contributed by atoms with Crippen molar-refractivity contribution in [2.75, 3.05) is 27.4 Å². The summed E-state index contributed by atoms with van der Waals surface area (Å²) in [6.07, 6.45) is 4.24. The van der Waals surface area contributed by atoms with Gasteiger partial charge in [-0.1, -0.05) is 18.9 Å². The van der Waals surface area contributed by atoms with Crippen LogP contribution >= 0.6 is 0 Å². The molecule has 1 fully saturated rings. The lowest BCUT2D eigenvalue weighted by atomic mass is 9.79. The molecule has 0 aromatic heterocycles. The van der Waals surface area contributed by atoms with Crippen molar-refractivity contribution in [1.82, 2.24) is 5.32 Å². The van der Waals surface area contributed by atoms with Crippen molar-refractivity contribution in [3.05, 3.63) is 47.5 Å². The molecule has 2 aromatic rings. The van der Waals surface area contributed by atoms with E-state index in [2.05, 4.69) is 11.4 Å². The number of nitrogens with one attached hydrogen (secondary N) is 1. The van der Waals surface area contributed by atoms with Crippen molar-refractivity contribution in [3.8, 4) is 23.0 Å². The first kappa shape index (κ1) is 19.4. The smallest absolute Gasteiger partial charge is 0.251 e. The minimum Gasteiger partial charge on any atom is -0.493 e. The fraction of sp³-hybridized carbons (Fsp3) is 0.435. The minimum atomic E-state index is -0.0839. The van der Waals surface area contributed by atoms with E-state index in [1.165, 1.54) is 0 Å². The molecular formula is C23H27NO5. The van der Waals surface area contributed by atoms with Crippen LogP contribution in [-0.4, -0.2) is 39.4 Å². The fourth-order valence-electron chi connectivity index (χ4n) is 4.22. The molecule has 1 heterocycles. The molecule has 0 spiro atoms. The van der Waals surface area contributed by atoms with Crippen LogP contribution < -0.4 is 24.3 Å². The number of carbonyl (C=O) groups excluding carboxylic acids is 1. The fourth-order valence-corrected chi connectivity index (χ4v) is 4.22. The first-order chi connectivity index (χ1) is 14.2. The molecule has 2 aromatic carbocycles. The van der Waals surface area contributed by atoms with Gasteiger partial charge in [-0.05, 0) is 48.7 Å². The van der Waals surface area contributed by atoms with E-state index in [0.717, 1.165) is 31.2 Å². The van der Waals surface area contributed by atoms with Crippen LogP contribution in [0, 0.1) is 0 Å². The molecule has 154 valence electrons. The van der Waals surface area contributed by atoms with Crippen LogP contribution in [0.25, 0.3) is 0 Å². The quantitative estimate of drug-likeness (QED) is 0.828. The predicted octanol–water partition coefficient (Wildman–Crippen LogP) is 3.93. The number of benzene rings is 2. The third-order valence-corrected chi connectivity index (χ3v) is 5.72. The summed E-state index contributed by atoms with van der Waals surface area (Å²) in [5, 5.41) is 3.25. The van der Waals surface area contributed by atoms with E-state index >= 15 is 0 Å². The third kappa shape index (κ3) is 4.11. The zero-order valence-electron chi connectivity index (χ0n) is 16.9. The van der Waals surface area contributed by atoms with Crippen molar-refractivity contribution < 1.29 is 23.7 Å². The number of carbonyl (C=O) groups is 1. The maximum absolute atomic E-state index is 12.9. The summed E-state index contributed by atoms with van der Waals surface area (Å²) in [5.41, 5.74) is 1.75. The Morgan fingerprint density at radius 3 is 2.48 bits per heavy atom. The molecule has 2 aliphatic rings. The lowest BCUT2D eigenvalue weighted by Crippen LogP contribution is -2.41. The Balaban J connectivity index is 1.53. The first-order valence-corrected chi connectivity index (χ1v) is 10.1. The summed E-state index contributed by atoms with van der Waals surface area (Å²) in [6.45, 7) is 1.04. The molecule has 2 atom stereocenters. The lowest BCUT2D eigenvalue weighted by molar-refractivity contribution is 0.0919. The molecule has 0 bridgehead atoms. The van der Waals surface area contributed by atoms with E-state index < -0.39 is 0 Å². The topological polar surface area (TPSA) is 66.0 Å². The van der Waals surface area contributed by atoms with E-state index in [1.807, 2.05) is 12.1 Å². The van der Waals surface area contributed by atoms with Gasteiger partial charge in [-0.25, -0.2) is 0 Å². The van der Waals surface area contributed by atoms with E-state index in [4.69, 9.17) is 18.9 Å². The van der Waals surface area contributed by atoms with Crippen molar-refractivity contribution in [2.24, 2.45) is 0 Å². The lowest BCUT2D eigenvalue weighted by Gasteiger charge is -2.33. The van der Waals surface area contributed by atoms with Gasteiger partial charge in [0.05, 0.1) is 14.2 Å². The second kappa shape index (κ2) is 8.64. The molecule has 1 N–H and O–H groups in total. The zero-order chi connectivity index (χ0) is 20.2. The molecule has 6 nitrogen and oxygen atoms in total. The van der Waals surface area contributed by atoms with Gasteiger partial charge in [-0.15, -0.1) is 0 Å². The highest BCUT2D eigenvalue weighted by atomic mass is 16.6. The summed E-state index contributed by atoms with van der Waals surface area (Å²) in [4.78, 5) is 12.9. The summed E-state index contributed by atoms with van der Waals surface area (Å²) in [6, 6.07) is 11.5. The van der Waals surface area contributed by atoms with Gasteiger partial charge in [-0.2, -0.15) is 0 Å². The number of fused-ring (bicyclic) bond motifs is 1. The van der Waals surface area contributed by atoms with Crippen LogP contribution in [0.1, 0.15) is 47.5 Å². The number of methoxy groups -OCH3 is 2. The molecule has 0 saturated heterocycles. The van der Waals surface area contributed by atoms with E-state index in [9.17, 15) is 4.79 Å². The molecule has 1 saturated carbocycles. The van der Waals surface area contributed by atoms with Gasteiger partial charge in [0, 0.05) is 17.5 Å². The Hall–Kier alpha value is -2.89. The number of amides is 1. The van der Waals surface area contributed by atoms with Crippen molar-refractivity contribution in [1.29, 1.82) is 0 Å². The Morgan fingerprint density at radius 1 is 0.931 bits per heavy atom. The van der Waals surface area contributed by atoms with E-state index in [1.54, 1.807) is 32.4 Å². The second-order valence-corrected chi connectivity index (χ2v) is 7.44. The van der Waals surface area contributed by atoms with Gasteiger partial charge in [0.15, 0.2) is 23.0 Å². The summed E-state index contributed by atoms with van der Waals surface area (Å²) >= 11 is 0. The maximum atomic E-state index is 12.9. The van der Waals surface area contributed by atoms with E-state index in [0.29, 0.717) is 41.8 Å². The van der Waals surface area contributed by atoms with Crippen LogP contribution in [0.5, 0.6) is 23.0 Å². The number of rotatable bonds is 5. The SMILES string of the molecule is COc1ccc([C@H]2CCCC[C@H]2NC(=O)c2ccc3c(c2)OCCO3)cc1OC. The summed E-state index contributed by atoms with van der Waals surface area (Å²) < 4.78 is 22.0. The Morgan fingerprint density at radius 2 is 1.69 bits per heavy atom. The van der Waals surface area contributed by atoms with Crippen molar-refractivity contribution >= 4 is 5.91 Å². The predicted molar refractivity (Wildman–Crippen MR) is 109 cm³/mol. The second-order valence-electron chi connectivity index (χ2n) is 7.44. The molecule has 4 rings (SSSR count). The molecule has 0 radical (unpaired) electrons. The average molecular weight is 397 g/mol. The van der Waals surface area contributed by atoms with Gasteiger partial charge in [-0.3, -0.25) is 4.79 Å². The molecule has 6 heteroatoms. The van der Waals surface area contributed by atoms with Gasteiger partial charge in [0.1, 0.15) is 13.2 Å². The first-order valence-electron chi connectivity index (χ1n) is 10.1. The van der Waals surface area contributed by atoms with Gasteiger partial charge >= 0.3 is 0 Å². The van der Waals surface area contributed by atoms with E-state index in [-0.39, 0.29) is 17.9 Å². The molecule has 29 heavy (non-hydrogen) atoms. The maximum Gasteiger partial charge on any atom is 0.251 e. The summed E-state index contributed by atoms with van der Waals surface area (Å²) in [5.74, 6) is 2.90. The zero-order valence-corrected chi connectivity index (χ0v) is 16.9. The Bertz CT molecular complexity index is 882. The van der Waals surface area contributed by atoms with Gasteiger partial charge in [0.25, 0.3) is 5.91 Å². The Labute approximate surface area is 171 Å². The van der Waals surface area contributed by atoms with Crippen LogP contribution in [-0.2, 0) is 0 Å². The number of ether oxygens (including phenoxy) is 4. The highest BCUT2D eigenvalue weighted by Crippen LogP contribution is 2.38. The van der Waals surface area contributed by atoms with Crippen LogP contribution in [0.2, 0.25) is 0 Å². The normalized spacial score (nSPS) is 20.6. The standard InChI is InChI=1S/C23H27NO5/c1-26-19-9-7-15(13-21(19)27-2)17-5-3-4-6-18(17)24-23(25)16-8-10-20-22(14-16)29-12-11-28-20/h7-10,13-14,17-18H,3-6,11-12H2,1-2H3,(H,24,25)/t17-,18-/m1/s1. The molecule has 1 aliphatic heterocycles. The van der Waals surface area contributed by atoms with Crippen molar-refractivity contribution in [2.45, 2.75) is 37.6 Å². The van der Waals surface area contributed by atoms with Crippen molar-refractivity contribution in [3.63, 3.8) is 0 Å². The molecule has 0 unspecified atom stereocenters. The number of hydrogen-bond acceptors (Lipinski definition) is 5. The third-order valence-electron chi connectivity index (χ3n) is 5.72. The Kier molecular flexibility index (Phi) is 5.79. The summed E-state index contributed by atoms with van der Waals surface area (Å²) in [7, 11) is 3.28. The van der Waals surface area contributed by atoms with Gasteiger partial charge in [0.2, 0.25) is 0 Å². The highest BCUT2D eigenvalue weighted by molar-refractivity contribution is 5.95. The van der Waals surface area contributed by atoms with Crippen LogP contribution in [0.4, 0.5) is 0 Å². The largest absolute Gasteiger partial charge is 0.493 e. The molecule has 1 amide bonds.